The predicted octanol–water partition coefficient (Wildman–Crippen LogP) is 2.18. The van der Waals surface area contributed by atoms with E-state index >= 15 is 0 Å². The summed E-state index contributed by atoms with van der Waals surface area (Å²) in [4.78, 5) is 13.6. The van der Waals surface area contributed by atoms with Crippen molar-refractivity contribution in [1.82, 2.24) is 4.90 Å². The van der Waals surface area contributed by atoms with Crippen LogP contribution in [0.25, 0.3) is 0 Å². The monoisotopic (exact) mass is 253 g/mol. The molecular formula is C13H16ClNO2. The van der Waals surface area contributed by atoms with Crippen LogP contribution in [0, 0.1) is 5.92 Å². The number of aliphatic hydroxyl groups excluding tert-OH is 1. The molecule has 1 aliphatic carbocycles. The number of amides is 1. The molecule has 0 spiro atoms. The van der Waals surface area contributed by atoms with Crippen LogP contribution < -0.4 is 0 Å². The summed E-state index contributed by atoms with van der Waals surface area (Å²) in [6, 6.07) is 6.97. The van der Waals surface area contributed by atoms with Gasteiger partial charge in [0, 0.05) is 13.6 Å². The van der Waals surface area contributed by atoms with Gasteiger partial charge in [-0.3, -0.25) is 4.79 Å². The normalized spacial score (nSPS) is 16.6. The van der Waals surface area contributed by atoms with Crippen molar-refractivity contribution >= 4 is 17.5 Å². The average Bonchev–Trinajstić information content (AvgIpc) is 3.12. The highest BCUT2D eigenvalue weighted by Gasteiger charge is 2.31. The SMILES string of the molecule is CN(CC(O)C1CC1)C(=O)c1ccccc1Cl. The van der Waals surface area contributed by atoms with E-state index in [2.05, 4.69) is 0 Å². The lowest BCUT2D eigenvalue weighted by atomic mass is 10.1. The highest BCUT2D eigenvalue weighted by Crippen LogP contribution is 2.32. The summed E-state index contributed by atoms with van der Waals surface area (Å²) in [6.45, 7) is 0.370. The van der Waals surface area contributed by atoms with Gasteiger partial charge in [0.2, 0.25) is 0 Å². The highest BCUT2D eigenvalue weighted by atomic mass is 35.5. The summed E-state index contributed by atoms with van der Waals surface area (Å²) >= 11 is 5.96. The van der Waals surface area contributed by atoms with Crippen LogP contribution in [0.3, 0.4) is 0 Å². The van der Waals surface area contributed by atoms with Crippen molar-refractivity contribution < 1.29 is 9.90 Å². The molecule has 0 radical (unpaired) electrons. The van der Waals surface area contributed by atoms with E-state index in [4.69, 9.17) is 11.6 Å². The number of carbonyl (C=O) groups excluding carboxylic acids is 1. The molecular weight excluding hydrogens is 238 g/mol. The molecule has 0 heterocycles. The Hall–Kier alpha value is -1.06. The van der Waals surface area contributed by atoms with E-state index in [1.807, 2.05) is 0 Å². The first-order chi connectivity index (χ1) is 8.09. The van der Waals surface area contributed by atoms with Crippen LogP contribution in [0.2, 0.25) is 5.02 Å². The van der Waals surface area contributed by atoms with Crippen LogP contribution in [0.5, 0.6) is 0 Å². The maximum Gasteiger partial charge on any atom is 0.255 e. The van der Waals surface area contributed by atoms with Gasteiger partial charge >= 0.3 is 0 Å². The Morgan fingerprint density at radius 1 is 1.53 bits per heavy atom. The average molecular weight is 254 g/mol. The molecule has 1 atom stereocenters. The molecule has 1 fully saturated rings. The lowest BCUT2D eigenvalue weighted by Gasteiger charge is -2.21. The van der Waals surface area contributed by atoms with E-state index in [0.29, 0.717) is 23.0 Å². The van der Waals surface area contributed by atoms with Gasteiger partial charge in [-0.05, 0) is 30.9 Å². The summed E-state index contributed by atoms with van der Waals surface area (Å²) < 4.78 is 0. The van der Waals surface area contributed by atoms with Gasteiger partial charge in [-0.25, -0.2) is 0 Å². The number of rotatable bonds is 4. The fourth-order valence-electron chi connectivity index (χ4n) is 1.83. The van der Waals surface area contributed by atoms with Gasteiger partial charge in [-0.15, -0.1) is 0 Å². The van der Waals surface area contributed by atoms with E-state index in [9.17, 15) is 9.90 Å². The smallest absolute Gasteiger partial charge is 0.255 e. The molecule has 1 aromatic carbocycles. The number of carbonyl (C=O) groups is 1. The summed E-state index contributed by atoms with van der Waals surface area (Å²) in [7, 11) is 1.69. The summed E-state index contributed by atoms with van der Waals surface area (Å²) in [5.41, 5.74) is 0.486. The standard InChI is InChI=1S/C13H16ClNO2/c1-15(8-12(16)9-6-7-9)13(17)10-4-2-3-5-11(10)14/h2-5,9,12,16H,6-8H2,1H3. The zero-order valence-corrected chi connectivity index (χ0v) is 10.5. The van der Waals surface area contributed by atoms with Gasteiger partial charge < -0.3 is 10.0 Å². The molecule has 17 heavy (non-hydrogen) atoms. The van der Waals surface area contributed by atoms with Crippen LogP contribution >= 0.6 is 11.6 Å². The Bertz CT molecular complexity index is 418. The van der Waals surface area contributed by atoms with Crippen LogP contribution in [0.15, 0.2) is 24.3 Å². The Morgan fingerprint density at radius 3 is 2.76 bits per heavy atom. The van der Waals surface area contributed by atoms with Crippen LogP contribution in [-0.2, 0) is 0 Å². The van der Waals surface area contributed by atoms with Gasteiger partial charge in [-0.2, -0.15) is 0 Å². The van der Waals surface area contributed by atoms with Crippen LogP contribution in [0.4, 0.5) is 0 Å². The molecule has 1 aliphatic rings. The molecule has 0 aliphatic heterocycles. The van der Waals surface area contributed by atoms with Crippen molar-refractivity contribution in [3.05, 3.63) is 34.9 Å². The van der Waals surface area contributed by atoms with Crippen LogP contribution in [-0.4, -0.2) is 35.6 Å². The van der Waals surface area contributed by atoms with Crippen molar-refractivity contribution in [2.45, 2.75) is 18.9 Å². The Kier molecular flexibility index (Phi) is 3.69. The van der Waals surface area contributed by atoms with Crippen molar-refractivity contribution in [3.8, 4) is 0 Å². The molecule has 1 unspecified atom stereocenters. The third-order valence-electron chi connectivity index (χ3n) is 3.08. The van der Waals surface area contributed by atoms with Gasteiger partial charge in [-0.1, -0.05) is 23.7 Å². The maximum absolute atomic E-state index is 12.1. The van der Waals surface area contributed by atoms with Crippen molar-refractivity contribution in [2.75, 3.05) is 13.6 Å². The van der Waals surface area contributed by atoms with E-state index in [1.165, 1.54) is 4.90 Å². The van der Waals surface area contributed by atoms with E-state index in [0.717, 1.165) is 12.8 Å². The van der Waals surface area contributed by atoms with Crippen LogP contribution in [0.1, 0.15) is 23.2 Å². The molecule has 0 bridgehead atoms. The predicted molar refractivity (Wildman–Crippen MR) is 67.1 cm³/mol. The minimum Gasteiger partial charge on any atom is -0.391 e. The third-order valence-corrected chi connectivity index (χ3v) is 3.41. The number of halogens is 1. The second-order valence-corrected chi connectivity index (χ2v) is 4.98. The molecule has 1 amide bonds. The molecule has 0 saturated heterocycles. The van der Waals surface area contributed by atoms with Gasteiger partial charge in [0.05, 0.1) is 16.7 Å². The summed E-state index contributed by atoms with van der Waals surface area (Å²) in [6.07, 6.45) is 1.72. The first kappa shape index (κ1) is 12.4. The zero-order valence-electron chi connectivity index (χ0n) is 9.77. The topological polar surface area (TPSA) is 40.5 Å². The molecule has 3 nitrogen and oxygen atoms in total. The zero-order chi connectivity index (χ0) is 12.4. The number of benzene rings is 1. The third kappa shape index (κ3) is 2.99. The number of hydrogen-bond acceptors (Lipinski definition) is 2. The molecule has 92 valence electrons. The van der Waals surface area contributed by atoms with Gasteiger partial charge in [0.15, 0.2) is 0 Å². The molecule has 1 N–H and O–H groups in total. The lowest BCUT2D eigenvalue weighted by molar-refractivity contribution is 0.0645. The highest BCUT2D eigenvalue weighted by molar-refractivity contribution is 6.33. The van der Waals surface area contributed by atoms with E-state index in [1.54, 1.807) is 31.3 Å². The van der Waals surface area contributed by atoms with Crippen molar-refractivity contribution in [3.63, 3.8) is 0 Å². The quantitative estimate of drug-likeness (QED) is 0.894. The first-order valence-corrected chi connectivity index (χ1v) is 6.15. The number of hydrogen-bond donors (Lipinski definition) is 1. The second kappa shape index (κ2) is 5.07. The van der Waals surface area contributed by atoms with Crippen molar-refractivity contribution in [1.29, 1.82) is 0 Å². The van der Waals surface area contributed by atoms with E-state index in [-0.39, 0.29) is 5.91 Å². The Morgan fingerprint density at radius 2 is 2.18 bits per heavy atom. The summed E-state index contributed by atoms with van der Waals surface area (Å²) in [5, 5.41) is 10.2. The Labute approximate surface area is 106 Å². The molecule has 1 saturated carbocycles. The minimum atomic E-state index is -0.411. The minimum absolute atomic E-state index is 0.143. The Balaban J connectivity index is 2.01. The molecule has 0 aromatic heterocycles. The second-order valence-electron chi connectivity index (χ2n) is 4.57. The summed E-state index contributed by atoms with van der Waals surface area (Å²) in [5.74, 6) is 0.229. The largest absolute Gasteiger partial charge is 0.391 e. The fourth-order valence-corrected chi connectivity index (χ4v) is 2.05. The van der Waals surface area contributed by atoms with E-state index < -0.39 is 6.10 Å². The van der Waals surface area contributed by atoms with Crippen molar-refractivity contribution in [2.24, 2.45) is 5.92 Å². The number of nitrogens with zero attached hydrogens (tertiary/aromatic N) is 1. The molecule has 1 aromatic rings. The van der Waals surface area contributed by atoms with Gasteiger partial charge in [0.1, 0.15) is 0 Å². The number of aliphatic hydroxyl groups is 1. The molecule has 2 rings (SSSR count). The fraction of sp³-hybridized carbons (Fsp3) is 0.462. The lowest BCUT2D eigenvalue weighted by Crippen LogP contribution is -2.35. The molecule has 4 heteroatoms. The first-order valence-electron chi connectivity index (χ1n) is 5.77. The number of likely N-dealkylation sites (N-methyl/N-ethyl adjacent to an activating group) is 1. The maximum atomic E-state index is 12.1. The van der Waals surface area contributed by atoms with Gasteiger partial charge in [0.25, 0.3) is 5.91 Å².